The first kappa shape index (κ1) is 27.1. The van der Waals surface area contributed by atoms with E-state index in [1.54, 1.807) is 20.2 Å². The summed E-state index contributed by atoms with van der Waals surface area (Å²) in [5, 5.41) is 22.2. The molecule has 11 nitrogen and oxygen atoms in total. The minimum absolute atomic E-state index is 0.00327. The zero-order valence-electron chi connectivity index (χ0n) is 21.5. The Labute approximate surface area is 214 Å². The molecular formula is C26H33N3O8. The molecular weight excluding hydrogens is 482 g/mol. The predicted molar refractivity (Wildman–Crippen MR) is 129 cm³/mol. The number of nitrogens with two attached hydrogens (primary N) is 1. The van der Waals surface area contributed by atoms with Gasteiger partial charge in [0.15, 0.2) is 34.7 Å². The Morgan fingerprint density at radius 2 is 1.81 bits per heavy atom. The number of nitrogens with one attached hydrogen (secondary N) is 1. The second kappa shape index (κ2) is 9.39. The molecule has 1 amide bonds. The molecule has 200 valence electrons. The van der Waals surface area contributed by atoms with Gasteiger partial charge in [-0.3, -0.25) is 33.7 Å². The highest BCUT2D eigenvalue weighted by Crippen LogP contribution is 2.51. The van der Waals surface area contributed by atoms with Gasteiger partial charge in [-0.15, -0.1) is 0 Å². The van der Waals surface area contributed by atoms with Crippen molar-refractivity contribution < 1.29 is 39.0 Å². The number of fused-ring (bicyclic) bond motifs is 3. The third kappa shape index (κ3) is 4.01. The zero-order chi connectivity index (χ0) is 27.6. The molecule has 3 aliphatic carbocycles. The molecule has 0 heterocycles. The van der Waals surface area contributed by atoms with Gasteiger partial charge in [0.2, 0.25) is 5.91 Å². The topological polar surface area (TPSA) is 176 Å². The predicted octanol–water partition coefficient (Wildman–Crippen LogP) is -0.142. The molecule has 3 aliphatic rings. The van der Waals surface area contributed by atoms with Crippen LogP contribution >= 0.6 is 0 Å². The third-order valence-corrected chi connectivity index (χ3v) is 7.93. The van der Waals surface area contributed by atoms with Crippen LogP contribution in [0.15, 0.2) is 12.1 Å². The number of hydrogen-bond donors (Lipinski definition) is 4. The number of carbonyl (C=O) groups excluding carboxylic acids is 5. The van der Waals surface area contributed by atoms with E-state index in [-0.39, 0.29) is 36.3 Å². The fraction of sp³-hybridized carbons (Fsp3) is 0.577. The first-order chi connectivity index (χ1) is 17.2. The van der Waals surface area contributed by atoms with Gasteiger partial charge >= 0.3 is 0 Å². The SMILES string of the molecule is CC(C)ONC(C)c1ccc(O)c2c1C[C@H]1C[C@H]3[C@H](N(C)C)C(=O)C(C(N)=O)C(=O)[C@@]3(O)C(=O)C1C2=O. The lowest BCUT2D eigenvalue weighted by molar-refractivity contribution is -0.181. The number of phenols is 1. The Bertz CT molecular complexity index is 1190. The fourth-order valence-electron chi connectivity index (χ4n) is 6.34. The van der Waals surface area contributed by atoms with Crippen molar-refractivity contribution in [3.63, 3.8) is 0 Å². The van der Waals surface area contributed by atoms with Gasteiger partial charge in [-0.25, -0.2) is 0 Å². The quantitative estimate of drug-likeness (QED) is 0.294. The molecule has 0 bridgehead atoms. The number of amides is 1. The highest BCUT2D eigenvalue weighted by molar-refractivity contribution is 6.32. The molecule has 7 atom stereocenters. The summed E-state index contributed by atoms with van der Waals surface area (Å²) in [6.07, 6.45) is 0.0932. The first-order valence-corrected chi connectivity index (χ1v) is 12.3. The van der Waals surface area contributed by atoms with Crippen molar-refractivity contribution in [2.45, 2.75) is 57.4 Å². The largest absolute Gasteiger partial charge is 0.507 e. The van der Waals surface area contributed by atoms with Crippen LogP contribution in [0.1, 0.15) is 54.7 Å². The number of aliphatic hydroxyl groups is 1. The normalized spacial score (nSPS) is 32.3. The molecule has 0 radical (unpaired) electrons. The van der Waals surface area contributed by atoms with Crippen LogP contribution < -0.4 is 11.2 Å². The van der Waals surface area contributed by atoms with Crippen molar-refractivity contribution in [1.29, 1.82) is 0 Å². The number of carbonyl (C=O) groups is 5. The van der Waals surface area contributed by atoms with E-state index in [1.165, 1.54) is 11.0 Å². The summed E-state index contributed by atoms with van der Waals surface area (Å²) in [5.74, 6) is -10.6. The van der Waals surface area contributed by atoms with Crippen molar-refractivity contribution in [1.82, 2.24) is 10.4 Å². The summed E-state index contributed by atoms with van der Waals surface area (Å²) in [7, 11) is 3.10. The Kier molecular flexibility index (Phi) is 6.87. The van der Waals surface area contributed by atoms with E-state index in [2.05, 4.69) is 5.48 Å². The van der Waals surface area contributed by atoms with Crippen LogP contribution in [0.3, 0.4) is 0 Å². The van der Waals surface area contributed by atoms with Gasteiger partial charge in [0.05, 0.1) is 29.7 Å². The average molecular weight is 516 g/mol. The molecule has 2 fully saturated rings. The summed E-state index contributed by atoms with van der Waals surface area (Å²) in [6, 6.07) is 1.55. The maximum Gasteiger partial charge on any atom is 0.235 e. The van der Waals surface area contributed by atoms with Crippen LogP contribution in [0.5, 0.6) is 5.75 Å². The molecule has 3 unspecified atom stereocenters. The second-order valence-corrected chi connectivity index (χ2v) is 10.8. The van der Waals surface area contributed by atoms with Gasteiger partial charge in [0.1, 0.15) is 5.75 Å². The lowest BCUT2D eigenvalue weighted by Crippen LogP contribution is -2.74. The van der Waals surface area contributed by atoms with Gasteiger partial charge in [-0.2, -0.15) is 5.48 Å². The molecule has 0 spiro atoms. The van der Waals surface area contributed by atoms with Crippen LogP contribution in [0.4, 0.5) is 0 Å². The van der Waals surface area contributed by atoms with Gasteiger partial charge < -0.3 is 15.9 Å². The Morgan fingerprint density at radius 3 is 2.38 bits per heavy atom. The van der Waals surface area contributed by atoms with E-state index in [0.29, 0.717) is 11.1 Å². The maximum atomic E-state index is 13.8. The first-order valence-electron chi connectivity index (χ1n) is 12.3. The van der Waals surface area contributed by atoms with Gasteiger partial charge in [0, 0.05) is 5.92 Å². The number of primary amides is 1. The minimum Gasteiger partial charge on any atom is -0.507 e. The zero-order valence-corrected chi connectivity index (χ0v) is 21.5. The van der Waals surface area contributed by atoms with Crippen molar-refractivity contribution in [2.75, 3.05) is 14.1 Å². The maximum absolute atomic E-state index is 13.8. The minimum atomic E-state index is -2.73. The number of Topliss-reactive ketones (excluding diaryl/α,β-unsaturated/α-hetero) is 4. The van der Waals surface area contributed by atoms with Crippen LogP contribution in [0.25, 0.3) is 0 Å². The standard InChI is InChI=1S/C26H33N3O8/c1-10(2)37-28-11(3)13-6-7-16(30)18-14(13)8-12-9-15-20(29(4)5)22(32)19(25(27)35)24(34)26(15,36)23(33)17(12)21(18)31/h6-7,10-12,15,17,19-20,28,30,36H,8-9H2,1-5H3,(H2,27,35)/t11?,12-,15-,17?,19?,20-,26-/m0/s1. The summed E-state index contributed by atoms with van der Waals surface area (Å²) in [6.45, 7) is 5.54. The Morgan fingerprint density at radius 1 is 1.16 bits per heavy atom. The molecule has 1 aromatic carbocycles. The molecule has 4 rings (SSSR count). The van der Waals surface area contributed by atoms with Crippen LogP contribution in [0.2, 0.25) is 0 Å². The number of ketones is 4. The molecule has 11 heteroatoms. The summed E-state index contributed by atoms with van der Waals surface area (Å²) >= 11 is 0. The molecule has 37 heavy (non-hydrogen) atoms. The molecule has 0 aromatic heterocycles. The Hall–Kier alpha value is -2.99. The van der Waals surface area contributed by atoms with Crippen LogP contribution in [-0.2, 0) is 30.4 Å². The smallest absolute Gasteiger partial charge is 0.235 e. The van der Waals surface area contributed by atoms with Gasteiger partial charge in [-0.05, 0) is 70.8 Å². The van der Waals surface area contributed by atoms with Crippen molar-refractivity contribution in [3.05, 3.63) is 28.8 Å². The van der Waals surface area contributed by atoms with Crippen molar-refractivity contribution >= 4 is 29.0 Å². The lowest BCUT2D eigenvalue weighted by atomic mass is 9.52. The number of aromatic hydroxyl groups is 1. The number of phenolic OH excluding ortho intramolecular Hbond substituents is 1. The highest BCUT2D eigenvalue weighted by Gasteiger charge is 2.69. The second-order valence-electron chi connectivity index (χ2n) is 10.8. The van der Waals surface area contributed by atoms with E-state index < -0.39 is 64.4 Å². The number of hydrogen-bond acceptors (Lipinski definition) is 10. The Balaban J connectivity index is 1.82. The summed E-state index contributed by atoms with van der Waals surface area (Å²) in [4.78, 5) is 73.0. The number of nitrogens with zero attached hydrogens (tertiary/aromatic N) is 1. The van der Waals surface area contributed by atoms with Crippen LogP contribution in [0, 0.1) is 23.7 Å². The number of benzene rings is 1. The van der Waals surface area contributed by atoms with E-state index >= 15 is 0 Å². The number of hydroxylamine groups is 1. The van der Waals surface area contributed by atoms with Crippen LogP contribution in [-0.4, -0.2) is 76.0 Å². The number of likely N-dealkylation sites (N-methyl/N-ethyl adjacent to an activating group) is 1. The van der Waals surface area contributed by atoms with E-state index in [9.17, 15) is 34.2 Å². The van der Waals surface area contributed by atoms with E-state index in [4.69, 9.17) is 10.6 Å². The highest BCUT2D eigenvalue weighted by atomic mass is 16.7. The molecule has 0 saturated heterocycles. The van der Waals surface area contributed by atoms with E-state index in [0.717, 1.165) is 0 Å². The molecule has 1 aromatic rings. The lowest BCUT2D eigenvalue weighted by Gasteiger charge is -2.52. The van der Waals surface area contributed by atoms with Gasteiger partial charge in [0.25, 0.3) is 0 Å². The third-order valence-electron chi connectivity index (χ3n) is 7.93. The van der Waals surface area contributed by atoms with E-state index in [1.807, 2.05) is 20.8 Å². The molecule has 2 saturated carbocycles. The number of rotatable bonds is 6. The monoisotopic (exact) mass is 515 g/mol. The summed E-state index contributed by atoms with van der Waals surface area (Å²) < 4.78 is 0. The average Bonchev–Trinajstić information content (AvgIpc) is 2.79. The van der Waals surface area contributed by atoms with Crippen molar-refractivity contribution in [3.8, 4) is 5.75 Å². The fourth-order valence-corrected chi connectivity index (χ4v) is 6.34. The van der Waals surface area contributed by atoms with Crippen molar-refractivity contribution in [2.24, 2.45) is 29.4 Å². The van der Waals surface area contributed by atoms with Gasteiger partial charge in [-0.1, -0.05) is 6.07 Å². The molecule has 0 aliphatic heterocycles. The molecule has 5 N–H and O–H groups in total. The summed E-state index contributed by atoms with van der Waals surface area (Å²) in [5.41, 5.74) is 6.72.